The Bertz CT molecular complexity index is 1140. The zero-order valence-corrected chi connectivity index (χ0v) is 21.2. The van der Waals surface area contributed by atoms with Gasteiger partial charge in [-0.25, -0.2) is 9.59 Å². The lowest BCUT2D eigenvalue weighted by molar-refractivity contribution is -0.193. The van der Waals surface area contributed by atoms with E-state index in [0.29, 0.717) is 12.5 Å². The zero-order valence-electron chi connectivity index (χ0n) is 21.2. The van der Waals surface area contributed by atoms with E-state index in [2.05, 4.69) is 28.1 Å². The maximum atomic E-state index is 13.1. The summed E-state index contributed by atoms with van der Waals surface area (Å²) >= 11 is 0. The van der Waals surface area contributed by atoms with Crippen molar-refractivity contribution in [3.05, 3.63) is 59.9 Å². The molecular weight excluding hydrogens is 552 g/mol. The summed E-state index contributed by atoms with van der Waals surface area (Å²) in [7, 11) is 1.67. The minimum Gasteiger partial charge on any atom is -0.497 e. The van der Waals surface area contributed by atoms with E-state index < -0.39 is 24.3 Å². The second-order valence-corrected chi connectivity index (χ2v) is 9.03. The van der Waals surface area contributed by atoms with E-state index in [4.69, 9.17) is 24.5 Å². The molecule has 40 heavy (non-hydrogen) atoms. The van der Waals surface area contributed by atoms with Gasteiger partial charge in [-0.1, -0.05) is 12.1 Å². The smallest absolute Gasteiger partial charge is 0.490 e. The van der Waals surface area contributed by atoms with Crippen LogP contribution in [-0.2, 0) is 27.5 Å². The molecule has 4 rings (SSSR count). The van der Waals surface area contributed by atoms with Gasteiger partial charge in [0, 0.05) is 38.6 Å². The second kappa shape index (κ2) is 13.5. The summed E-state index contributed by atoms with van der Waals surface area (Å²) in [5.41, 5.74) is 2.20. The normalized spacial score (nSPS) is 19.0. The number of ether oxygens (including phenoxy) is 1. The van der Waals surface area contributed by atoms with Crippen LogP contribution in [0, 0.1) is 5.41 Å². The summed E-state index contributed by atoms with van der Waals surface area (Å²) in [6.45, 7) is 4.26. The van der Waals surface area contributed by atoms with E-state index in [0.717, 1.165) is 50.3 Å². The molecular formula is C25H27F6N3O6. The molecule has 220 valence electrons. The molecule has 1 spiro atoms. The van der Waals surface area contributed by atoms with Crippen molar-refractivity contribution in [3.8, 4) is 5.75 Å². The lowest BCUT2D eigenvalue weighted by Gasteiger charge is -2.24. The monoisotopic (exact) mass is 579 g/mol. The first-order valence-corrected chi connectivity index (χ1v) is 11.7. The van der Waals surface area contributed by atoms with Crippen LogP contribution in [-0.4, -0.2) is 81.9 Å². The molecule has 1 atom stereocenters. The van der Waals surface area contributed by atoms with Gasteiger partial charge in [-0.15, -0.1) is 0 Å². The maximum absolute atomic E-state index is 13.1. The van der Waals surface area contributed by atoms with Gasteiger partial charge in [-0.3, -0.25) is 14.7 Å². The number of likely N-dealkylation sites (tertiary alicyclic amines) is 2. The van der Waals surface area contributed by atoms with Gasteiger partial charge < -0.3 is 19.8 Å². The third-order valence-electron chi connectivity index (χ3n) is 6.18. The molecule has 2 N–H and O–H groups in total. The molecule has 1 aromatic heterocycles. The Hall–Kier alpha value is -3.88. The van der Waals surface area contributed by atoms with Gasteiger partial charge in [0.05, 0.1) is 12.5 Å². The number of pyridine rings is 1. The van der Waals surface area contributed by atoms with Gasteiger partial charge >= 0.3 is 24.3 Å². The molecule has 0 aliphatic carbocycles. The van der Waals surface area contributed by atoms with Crippen LogP contribution in [0.15, 0.2) is 48.8 Å². The van der Waals surface area contributed by atoms with Crippen LogP contribution in [0.1, 0.15) is 24.0 Å². The van der Waals surface area contributed by atoms with E-state index in [1.165, 1.54) is 5.56 Å². The summed E-state index contributed by atoms with van der Waals surface area (Å²) < 4.78 is 68.8. The molecule has 0 radical (unpaired) electrons. The summed E-state index contributed by atoms with van der Waals surface area (Å²) in [5.74, 6) is -4.36. The number of nitrogens with zero attached hydrogens (tertiary/aromatic N) is 3. The van der Waals surface area contributed by atoms with Crippen LogP contribution < -0.4 is 4.74 Å². The van der Waals surface area contributed by atoms with Crippen molar-refractivity contribution in [2.24, 2.45) is 5.41 Å². The summed E-state index contributed by atoms with van der Waals surface area (Å²) in [5, 5.41) is 14.2. The van der Waals surface area contributed by atoms with E-state index in [1.54, 1.807) is 7.11 Å². The fourth-order valence-corrected chi connectivity index (χ4v) is 4.25. The Morgan fingerprint density at radius 3 is 2.00 bits per heavy atom. The minimum absolute atomic E-state index is 0.189. The first kappa shape index (κ1) is 32.3. The van der Waals surface area contributed by atoms with Gasteiger partial charge in [0.2, 0.25) is 5.91 Å². The predicted octanol–water partition coefficient (Wildman–Crippen LogP) is 3.98. The molecule has 2 fully saturated rings. The highest BCUT2D eigenvalue weighted by atomic mass is 19.4. The number of hydrogen-bond acceptors (Lipinski definition) is 6. The average Bonchev–Trinajstić information content (AvgIpc) is 3.43. The van der Waals surface area contributed by atoms with Crippen molar-refractivity contribution in [2.75, 3.05) is 26.7 Å². The molecule has 1 aromatic carbocycles. The van der Waals surface area contributed by atoms with Crippen LogP contribution in [0.3, 0.4) is 0 Å². The summed E-state index contributed by atoms with van der Waals surface area (Å²) in [6, 6.07) is 12.1. The zero-order chi connectivity index (χ0) is 30.1. The van der Waals surface area contributed by atoms with Gasteiger partial charge in [-0.2, -0.15) is 26.3 Å². The van der Waals surface area contributed by atoms with E-state index in [-0.39, 0.29) is 5.41 Å². The number of amides is 1. The summed E-state index contributed by atoms with van der Waals surface area (Å²) in [6.07, 6.45) is -4.58. The van der Waals surface area contributed by atoms with E-state index in [1.807, 2.05) is 35.5 Å². The van der Waals surface area contributed by atoms with Crippen LogP contribution in [0.4, 0.5) is 26.3 Å². The highest BCUT2D eigenvalue weighted by molar-refractivity contribution is 5.85. The van der Waals surface area contributed by atoms with Gasteiger partial charge in [0.15, 0.2) is 0 Å². The molecule has 1 amide bonds. The van der Waals surface area contributed by atoms with Crippen molar-refractivity contribution >= 4 is 17.8 Å². The number of carboxylic acid groups (broad SMARTS) is 2. The number of halogens is 6. The topological polar surface area (TPSA) is 120 Å². The third kappa shape index (κ3) is 9.39. The average molecular weight is 579 g/mol. The number of hydrogen-bond donors (Lipinski definition) is 2. The molecule has 0 saturated carbocycles. The third-order valence-corrected chi connectivity index (χ3v) is 6.18. The van der Waals surface area contributed by atoms with Crippen molar-refractivity contribution in [3.63, 3.8) is 0 Å². The lowest BCUT2D eigenvalue weighted by Crippen LogP contribution is -2.36. The number of benzene rings is 1. The Balaban J connectivity index is 0.000000333. The Kier molecular flexibility index (Phi) is 10.9. The molecule has 15 heteroatoms. The summed E-state index contributed by atoms with van der Waals surface area (Å²) in [4.78, 5) is 39.4. The van der Waals surface area contributed by atoms with Crippen LogP contribution in [0.5, 0.6) is 5.75 Å². The highest BCUT2D eigenvalue weighted by Crippen LogP contribution is 2.41. The van der Waals surface area contributed by atoms with Crippen molar-refractivity contribution < 1.29 is 55.7 Å². The number of carbonyl (C=O) groups excluding carboxylic acids is 1. The van der Waals surface area contributed by atoms with Crippen molar-refractivity contribution in [2.45, 2.75) is 38.3 Å². The van der Waals surface area contributed by atoms with Gasteiger partial charge in [0.1, 0.15) is 5.75 Å². The Morgan fingerprint density at radius 2 is 1.48 bits per heavy atom. The molecule has 9 nitrogen and oxygen atoms in total. The van der Waals surface area contributed by atoms with Gasteiger partial charge in [0.25, 0.3) is 0 Å². The number of aromatic nitrogens is 1. The largest absolute Gasteiger partial charge is 0.497 e. The second-order valence-electron chi connectivity index (χ2n) is 9.03. The number of carbonyl (C=O) groups is 3. The van der Waals surface area contributed by atoms with Crippen molar-refractivity contribution in [1.82, 2.24) is 14.8 Å². The lowest BCUT2D eigenvalue weighted by atomic mass is 9.85. The number of alkyl halides is 6. The molecule has 2 saturated heterocycles. The molecule has 0 bridgehead atoms. The quantitative estimate of drug-likeness (QED) is 0.511. The fourth-order valence-electron chi connectivity index (χ4n) is 4.25. The number of aliphatic carboxylic acids is 2. The SMILES string of the molecule is COc1cccc(CN2CCC3(CCN(Cc4ccncc4)C3)C2=O)c1.O=C(O)C(F)(F)F.O=C(O)C(F)(F)F. The van der Waals surface area contributed by atoms with Crippen LogP contribution >= 0.6 is 0 Å². The van der Waals surface area contributed by atoms with Crippen LogP contribution in [0.2, 0.25) is 0 Å². The number of carboxylic acids is 2. The maximum Gasteiger partial charge on any atom is 0.490 e. The van der Waals surface area contributed by atoms with E-state index in [9.17, 15) is 31.1 Å². The molecule has 2 aliphatic heterocycles. The minimum atomic E-state index is -5.08. The number of methoxy groups -OCH3 is 1. The molecule has 2 aliphatic rings. The molecule has 3 heterocycles. The Labute approximate surface area is 225 Å². The molecule has 2 aromatic rings. The standard InChI is InChI=1S/C21H25N3O2.2C2HF3O2/c1-26-19-4-2-3-18(13-19)15-24-12-8-21(20(24)25)7-11-23(16-21)14-17-5-9-22-10-6-17;2*3-2(4,5)1(6)7/h2-6,9-10,13H,7-8,11-12,14-16H2,1H3;2*(H,6,7). The Morgan fingerprint density at radius 1 is 0.925 bits per heavy atom. The van der Waals surface area contributed by atoms with E-state index >= 15 is 0 Å². The first-order chi connectivity index (χ1) is 18.6. The predicted molar refractivity (Wildman–Crippen MR) is 127 cm³/mol. The van der Waals surface area contributed by atoms with Crippen molar-refractivity contribution in [1.29, 1.82) is 0 Å². The first-order valence-electron chi connectivity index (χ1n) is 11.7. The van der Waals surface area contributed by atoms with Crippen LogP contribution in [0.25, 0.3) is 0 Å². The highest BCUT2D eigenvalue weighted by Gasteiger charge is 2.50. The van der Waals surface area contributed by atoms with Gasteiger partial charge in [-0.05, 0) is 54.8 Å². The molecule has 1 unspecified atom stereocenters. The fraction of sp³-hybridized carbons (Fsp3) is 0.440. The number of rotatable bonds is 5.